The summed E-state index contributed by atoms with van der Waals surface area (Å²) >= 11 is 3.13. The number of aromatic nitrogens is 1. The molecule has 0 radical (unpaired) electrons. The Hall–Kier alpha value is -1.60. The Morgan fingerprint density at radius 3 is 3.16 bits per heavy atom. The van der Waals surface area contributed by atoms with E-state index in [4.69, 9.17) is 0 Å². The highest BCUT2D eigenvalue weighted by Crippen LogP contribution is 2.34. The van der Waals surface area contributed by atoms with Crippen LogP contribution in [0.4, 0.5) is 11.4 Å². The zero-order chi connectivity index (χ0) is 13.7. The lowest BCUT2D eigenvalue weighted by molar-refractivity contribution is -0.382. The van der Waals surface area contributed by atoms with Crippen molar-refractivity contribution in [1.29, 1.82) is 0 Å². The van der Waals surface area contributed by atoms with Crippen molar-refractivity contribution in [2.75, 3.05) is 23.4 Å². The highest BCUT2D eigenvalue weighted by molar-refractivity contribution is 7.99. The molecule has 0 saturated heterocycles. The topological polar surface area (TPSA) is 68.1 Å². The molecule has 0 aliphatic carbocycles. The van der Waals surface area contributed by atoms with Gasteiger partial charge in [0.25, 0.3) is 0 Å². The molecule has 0 saturated carbocycles. The van der Waals surface area contributed by atoms with Crippen LogP contribution in [-0.4, -0.2) is 28.0 Å². The second-order valence-corrected chi connectivity index (χ2v) is 5.74. The molecule has 1 heterocycles. The summed E-state index contributed by atoms with van der Waals surface area (Å²) in [6.07, 6.45) is 1.84. The van der Waals surface area contributed by atoms with Crippen LogP contribution in [0.25, 0.3) is 10.2 Å². The maximum absolute atomic E-state index is 11.2. The number of benzene rings is 1. The number of hydrogen-bond donors (Lipinski definition) is 1. The smallest absolute Gasteiger partial charge is 0.319 e. The molecule has 0 fully saturated rings. The number of nitrogens with one attached hydrogen (secondary N) is 1. The molecule has 19 heavy (non-hydrogen) atoms. The summed E-state index contributed by atoms with van der Waals surface area (Å²) < 4.78 is 0.832. The third kappa shape index (κ3) is 3.24. The van der Waals surface area contributed by atoms with Crippen molar-refractivity contribution >= 4 is 44.7 Å². The summed E-state index contributed by atoms with van der Waals surface area (Å²) in [4.78, 5) is 14.9. The fourth-order valence-electron chi connectivity index (χ4n) is 1.67. The SMILES string of the molecule is C=CCSCCNc1ccc2scnc2c1[N+](=O)[O-]. The van der Waals surface area contributed by atoms with Gasteiger partial charge in [-0.05, 0) is 12.1 Å². The number of nitro benzene ring substituents is 1. The van der Waals surface area contributed by atoms with Crippen LogP contribution in [0.1, 0.15) is 0 Å². The predicted octanol–water partition coefficient (Wildman–Crippen LogP) is 3.54. The van der Waals surface area contributed by atoms with E-state index in [-0.39, 0.29) is 10.6 Å². The molecule has 1 aromatic carbocycles. The fourth-order valence-corrected chi connectivity index (χ4v) is 2.93. The van der Waals surface area contributed by atoms with E-state index in [9.17, 15) is 10.1 Å². The van der Waals surface area contributed by atoms with Gasteiger partial charge in [-0.1, -0.05) is 6.08 Å². The molecule has 0 spiro atoms. The Balaban J connectivity index is 2.15. The lowest BCUT2D eigenvalue weighted by Gasteiger charge is -2.06. The van der Waals surface area contributed by atoms with Crippen LogP contribution < -0.4 is 5.32 Å². The molecular weight excluding hydrogens is 282 g/mol. The number of thioether (sulfide) groups is 1. The highest BCUT2D eigenvalue weighted by Gasteiger charge is 2.20. The Labute approximate surface area is 118 Å². The maximum Gasteiger partial charge on any atom is 0.319 e. The summed E-state index contributed by atoms with van der Waals surface area (Å²) in [6.45, 7) is 4.32. The summed E-state index contributed by atoms with van der Waals surface area (Å²) in [5, 5.41) is 14.3. The molecule has 0 unspecified atom stereocenters. The lowest BCUT2D eigenvalue weighted by atomic mass is 10.2. The first-order valence-corrected chi connectivity index (χ1v) is 7.70. The van der Waals surface area contributed by atoms with Gasteiger partial charge in [0.15, 0.2) is 5.52 Å². The monoisotopic (exact) mass is 295 g/mol. The van der Waals surface area contributed by atoms with Crippen LogP contribution in [0.15, 0.2) is 30.3 Å². The molecule has 0 bridgehead atoms. The molecule has 5 nitrogen and oxygen atoms in total. The van der Waals surface area contributed by atoms with Gasteiger partial charge in [-0.2, -0.15) is 11.8 Å². The van der Waals surface area contributed by atoms with Crippen LogP contribution in [0.3, 0.4) is 0 Å². The van der Waals surface area contributed by atoms with Gasteiger partial charge >= 0.3 is 5.69 Å². The summed E-state index contributed by atoms with van der Waals surface area (Å²) in [5.41, 5.74) is 2.68. The van der Waals surface area contributed by atoms with Crippen molar-refractivity contribution in [3.63, 3.8) is 0 Å². The van der Waals surface area contributed by atoms with Gasteiger partial charge in [0.05, 0.1) is 15.1 Å². The molecule has 1 aromatic heterocycles. The Morgan fingerprint density at radius 1 is 1.58 bits per heavy atom. The Morgan fingerprint density at radius 2 is 2.42 bits per heavy atom. The van der Waals surface area contributed by atoms with Crippen LogP contribution in [-0.2, 0) is 0 Å². The minimum Gasteiger partial charge on any atom is -0.379 e. The van der Waals surface area contributed by atoms with Crippen LogP contribution >= 0.6 is 23.1 Å². The largest absolute Gasteiger partial charge is 0.379 e. The number of fused-ring (bicyclic) bond motifs is 1. The number of anilines is 1. The number of hydrogen-bond acceptors (Lipinski definition) is 6. The summed E-state index contributed by atoms with van der Waals surface area (Å²) in [5.74, 6) is 1.76. The average molecular weight is 295 g/mol. The first kappa shape index (κ1) is 13.8. The van der Waals surface area contributed by atoms with E-state index in [1.54, 1.807) is 23.3 Å². The standard InChI is InChI=1S/C12H13N3O2S2/c1-2-6-18-7-5-13-9-3-4-10-11(14-8-19-10)12(9)15(16)17/h2-4,8,13H,1,5-7H2. The van der Waals surface area contributed by atoms with Crippen molar-refractivity contribution in [3.8, 4) is 0 Å². The number of thiazole rings is 1. The predicted molar refractivity (Wildman–Crippen MR) is 82.3 cm³/mol. The normalized spacial score (nSPS) is 10.5. The number of rotatable bonds is 7. The van der Waals surface area contributed by atoms with E-state index in [1.165, 1.54) is 11.3 Å². The van der Waals surface area contributed by atoms with Gasteiger partial charge in [0, 0.05) is 18.1 Å². The first-order valence-electron chi connectivity index (χ1n) is 5.67. The zero-order valence-electron chi connectivity index (χ0n) is 10.2. The third-order valence-corrected chi connectivity index (χ3v) is 4.21. The zero-order valence-corrected chi connectivity index (χ0v) is 11.8. The van der Waals surface area contributed by atoms with E-state index >= 15 is 0 Å². The van der Waals surface area contributed by atoms with Gasteiger partial charge in [-0.25, -0.2) is 4.98 Å². The minimum atomic E-state index is -0.374. The van der Waals surface area contributed by atoms with Gasteiger partial charge in [0.2, 0.25) is 0 Å². The summed E-state index contributed by atoms with van der Waals surface area (Å²) in [7, 11) is 0. The number of nitrogens with zero attached hydrogens (tertiary/aromatic N) is 2. The molecule has 2 rings (SSSR count). The van der Waals surface area contributed by atoms with Crippen LogP contribution in [0.5, 0.6) is 0 Å². The quantitative estimate of drug-likeness (QED) is 0.366. The maximum atomic E-state index is 11.2. The second-order valence-electron chi connectivity index (χ2n) is 3.71. The van der Waals surface area contributed by atoms with Gasteiger partial charge in [-0.3, -0.25) is 10.1 Å². The van der Waals surface area contributed by atoms with Crippen molar-refractivity contribution in [2.24, 2.45) is 0 Å². The molecule has 100 valence electrons. The Kier molecular flexibility index (Phi) is 4.75. The van der Waals surface area contributed by atoms with Crippen molar-refractivity contribution in [1.82, 2.24) is 4.98 Å². The molecule has 0 amide bonds. The summed E-state index contributed by atoms with van der Waals surface area (Å²) in [6, 6.07) is 3.61. The Bertz CT molecular complexity index is 598. The second kappa shape index (κ2) is 6.53. The van der Waals surface area contributed by atoms with E-state index in [1.807, 2.05) is 12.1 Å². The highest BCUT2D eigenvalue weighted by atomic mass is 32.2. The third-order valence-electron chi connectivity index (χ3n) is 2.46. The van der Waals surface area contributed by atoms with E-state index < -0.39 is 0 Å². The van der Waals surface area contributed by atoms with E-state index in [2.05, 4.69) is 16.9 Å². The van der Waals surface area contributed by atoms with Crippen LogP contribution in [0.2, 0.25) is 0 Å². The van der Waals surface area contributed by atoms with Gasteiger partial charge in [-0.15, -0.1) is 17.9 Å². The van der Waals surface area contributed by atoms with Crippen molar-refractivity contribution < 1.29 is 4.92 Å². The van der Waals surface area contributed by atoms with Crippen molar-refractivity contribution in [3.05, 3.63) is 40.4 Å². The minimum absolute atomic E-state index is 0.0625. The first-order chi connectivity index (χ1) is 9.24. The van der Waals surface area contributed by atoms with Gasteiger partial charge < -0.3 is 5.32 Å². The average Bonchev–Trinajstić information content (AvgIpc) is 2.85. The van der Waals surface area contributed by atoms with Gasteiger partial charge in [0.1, 0.15) is 5.69 Å². The van der Waals surface area contributed by atoms with E-state index in [0.29, 0.717) is 17.7 Å². The molecule has 1 N–H and O–H groups in total. The molecular formula is C12H13N3O2S2. The fraction of sp³-hybridized carbons (Fsp3) is 0.250. The molecule has 2 aromatic rings. The molecule has 0 aliphatic heterocycles. The molecule has 0 atom stereocenters. The molecule has 7 heteroatoms. The van der Waals surface area contributed by atoms with Crippen molar-refractivity contribution in [2.45, 2.75) is 0 Å². The van der Waals surface area contributed by atoms with E-state index in [0.717, 1.165) is 16.2 Å². The molecule has 0 aliphatic rings. The lowest BCUT2D eigenvalue weighted by Crippen LogP contribution is -2.06. The van der Waals surface area contributed by atoms with Crippen LogP contribution in [0, 0.1) is 10.1 Å². The number of nitro groups is 1.